The first-order chi connectivity index (χ1) is 13.7. The number of hydrogen-bond acceptors (Lipinski definition) is 6. The average molecular weight is 383 g/mol. The second kappa shape index (κ2) is 7.12. The summed E-state index contributed by atoms with van der Waals surface area (Å²) in [7, 11) is 0. The molecule has 1 atom stereocenters. The van der Waals surface area contributed by atoms with Crippen LogP contribution in [-0.2, 0) is 17.2 Å². The van der Waals surface area contributed by atoms with Crippen LogP contribution in [0.4, 0.5) is 4.39 Å². The van der Waals surface area contributed by atoms with E-state index in [1.165, 1.54) is 0 Å². The Bertz CT molecular complexity index is 972. The van der Waals surface area contributed by atoms with Gasteiger partial charge in [-0.15, -0.1) is 10.6 Å². The molecule has 0 spiro atoms. The standard InChI is InChI=1S/C20H22FN5O2/c21-20(16-5-1-4-8-19(16)28-23-20)15-9-11-25(12-10-15)27-14-13-26-18-7-3-2-6-17(18)22-24-26/h1-8,15,23H,9-14H2. The first-order valence-corrected chi connectivity index (χ1v) is 9.62. The van der Waals surface area contributed by atoms with E-state index in [1.807, 2.05) is 46.1 Å². The monoisotopic (exact) mass is 383 g/mol. The number of piperidine rings is 1. The molecule has 8 heteroatoms. The maximum Gasteiger partial charge on any atom is 0.224 e. The van der Waals surface area contributed by atoms with E-state index in [2.05, 4.69) is 15.8 Å². The first kappa shape index (κ1) is 17.5. The molecule has 0 bridgehead atoms. The number of fused-ring (bicyclic) bond motifs is 2. The van der Waals surface area contributed by atoms with Crippen LogP contribution in [0.15, 0.2) is 48.5 Å². The summed E-state index contributed by atoms with van der Waals surface area (Å²) < 4.78 is 17.4. The van der Waals surface area contributed by atoms with Crippen LogP contribution in [0.25, 0.3) is 11.0 Å². The highest BCUT2D eigenvalue weighted by molar-refractivity contribution is 5.73. The Balaban J connectivity index is 1.15. The van der Waals surface area contributed by atoms with Gasteiger partial charge in [-0.1, -0.05) is 35.5 Å². The molecule has 0 aliphatic carbocycles. The Morgan fingerprint density at radius 2 is 1.93 bits per heavy atom. The highest BCUT2D eigenvalue weighted by Crippen LogP contribution is 2.45. The normalized spacial score (nSPS) is 23.0. The maximum atomic E-state index is 15.6. The Labute approximate surface area is 161 Å². The van der Waals surface area contributed by atoms with Gasteiger partial charge in [0.1, 0.15) is 5.52 Å². The minimum Gasteiger partial charge on any atom is -0.405 e. The van der Waals surface area contributed by atoms with Crippen molar-refractivity contribution in [2.24, 2.45) is 5.92 Å². The van der Waals surface area contributed by atoms with Crippen LogP contribution in [-0.4, -0.2) is 39.8 Å². The third-order valence-electron chi connectivity index (χ3n) is 5.60. The van der Waals surface area contributed by atoms with Crippen LogP contribution in [0, 0.1) is 5.92 Å². The minimum absolute atomic E-state index is 0.157. The SMILES string of the molecule is FC1(C2CCN(OCCn3nnc4ccccc43)CC2)NOc2ccccc21. The molecule has 0 saturated carbocycles. The molecule has 2 aliphatic heterocycles. The van der Waals surface area contributed by atoms with Crippen molar-refractivity contribution in [2.45, 2.75) is 25.2 Å². The van der Waals surface area contributed by atoms with Gasteiger partial charge in [0.15, 0.2) is 5.75 Å². The predicted molar refractivity (Wildman–Crippen MR) is 101 cm³/mol. The molecule has 1 N–H and O–H groups in total. The van der Waals surface area contributed by atoms with Crippen LogP contribution in [0.3, 0.4) is 0 Å². The van der Waals surface area contributed by atoms with Crippen molar-refractivity contribution in [3.05, 3.63) is 54.1 Å². The van der Waals surface area contributed by atoms with E-state index in [4.69, 9.17) is 9.68 Å². The molecule has 0 amide bonds. The number of nitrogens with one attached hydrogen (secondary N) is 1. The van der Waals surface area contributed by atoms with Crippen LogP contribution in [0.1, 0.15) is 18.4 Å². The summed E-state index contributed by atoms with van der Waals surface area (Å²) in [6, 6.07) is 15.1. The molecular formula is C20H22FN5O2. The van der Waals surface area contributed by atoms with Gasteiger partial charge in [-0.25, -0.2) is 9.07 Å². The van der Waals surface area contributed by atoms with Crippen molar-refractivity contribution in [1.29, 1.82) is 0 Å². The Hall–Kier alpha value is -2.55. The smallest absolute Gasteiger partial charge is 0.224 e. The number of rotatable bonds is 5. The highest BCUT2D eigenvalue weighted by atomic mass is 19.1. The molecule has 1 unspecified atom stereocenters. The van der Waals surface area contributed by atoms with Crippen molar-refractivity contribution in [3.8, 4) is 5.75 Å². The third-order valence-corrected chi connectivity index (χ3v) is 5.60. The van der Waals surface area contributed by atoms with Crippen LogP contribution < -0.4 is 10.3 Å². The number of hydrogen-bond donors (Lipinski definition) is 1. The number of alkyl halides is 1. The van der Waals surface area contributed by atoms with E-state index in [0.29, 0.717) is 50.4 Å². The van der Waals surface area contributed by atoms with Crippen LogP contribution >= 0.6 is 0 Å². The molecule has 146 valence electrons. The van der Waals surface area contributed by atoms with Crippen molar-refractivity contribution in [1.82, 2.24) is 25.5 Å². The number of para-hydroxylation sites is 2. The van der Waals surface area contributed by atoms with E-state index < -0.39 is 5.79 Å². The molecule has 1 aromatic heterocycles. The predicted octanol–water partition coefficient (Wildman–Crippen LogP) is 2.79. The van der Waals surface area contributed by atoms with E-state index in [1.54, 1.807) is 12.1 Å². The van der Waals surface area contributed by atoms with E-state index >= 15 is 4.39 Å². The molecular weight excluding hydrogens is 361 g/mol. The molecule has 1 fully saturated rings. The van der Waals surface area contributed by atoms with Gasteiger partial charge in [0, 0.05) is 19.0 Å². The molecule has 7 nitrogen and oxygen atoms in total. The van der Waals surface area contributed by atoms with Crippen molar-refractivity contribution in [3.63, 3.8) is 0 Å². The molecule has 5 rings (SSSR count). The number of hydroxylamine groups is 3. The Kier molecular flexibility index (Phi) is 4.46. The minimum atomic E-state index is -1.64. The van der Waals surface area contributed by atoms with Gasteiger partial charge < -0.3 is 4.84 Å². The number of nitrogens with zero attached hydrogens (tertiary/aromatic N) is 4. The zero-order valence-electron chi connectivity index (χ0n) is 15.4. The quantitative estimate of drug-likeness (QED) is 0.684. The van der Waals surface area contributed by atoms with Crippen molar-refractivity contribution >= 4 is 11.0 Å². The molecule has 2 aliphatic rings. The fourth-order valence-corrected chi connectivity index (χ4v) is 4.07. The lowest BCUT2D eigenvalue weighted by Gasteiger charge is -2.36. The number of aromatic nitrogens is 3. The first-order valence-electron chi connectivity index (χ1n) is 9.62. The van der Waals surface area contributed by atoms with Gasteiger partial charge in [0.2, 0.25) is 5.79 Å². The molecule has 1 saturated heterocycles. The molecule has 0 radical (unpaired) electrons. The fourth-order valence-electron chi connectivity index (χ4n) is 4.07. The lowest BCUT2D eigenvalue weighted by molar-refractivity contribution is -0.187. The Morgan fingerprint density at radius 3 is 2.82 bits per heavy atom. The van der Waals surface area contributed by atoms with Crippen molar-refractivity contribution in [2.75, 3.05) is 19.7 Å². The summed E-state index contributed by atoms with van der Waals surface area (Å²) >= 11 is 0. The second-order valence-corrected chi connectivity index (χ2v) is 7.25. The van der Waals surface area contributed by atoms with Crippen molar-refractivity contribution < 1.29 is 14.1 Å². The van der Waals surface area contributed by atoms with E-state index in [9.17, 15) is 0 Å². The number of halogens is 1. The third kappa shape index (κ3) is 3.03. The van der Waals surface area contributed by atoms with Crippen LogP contribution in [0.5, 0.6) is 5.75 Å². The average Bonchev–Trinajstić information content (AvgIpc) is 3.31. The maximum absolute atomic E-state index is 15.6. The summed E-state index contributed by atoms with van der Waals surface area (Å²) in [5, 5.41) is 10.2. The van der Waals surface area contributed by atoms with E-state index in [-0.39, 0.29) is 5.92 Å². The fraction of sp³-hybridized carbons (Fsp3) is 0.400. The summed E-state index contributed by atoms with van der Waals surface area (Å²) in [6.45, 7) is 2.48. The molecule has 2 aromatic carbocycles. The zero-order chi connectivity index (χ0) is 19.0. The van der Waals surface area contributed by atoms with Gasteiger partial charge in [-0.3, -0.25) is 4.84 Å². The van der Waals surface area contributed by atoms with Gasteiger partial charge in [-0.05, 0) is 31.0 Å². The summed E-state index contributed by atoms with van der Waals surface area (Å²) in [5.41, 5.74) is 5.08. The molecule has 3 aromatic rings. The van der Waals surface area contributed by atoms with Gasteiger partial charge in [0.25, 0.3) is 0 Å². The summed E-state index contributed by atoms with van der Waals surface area (Å²) in [5.74, 6) is -1.22. The second-order valence-electron chi connectivity index (χ2n) is 7.25. The largest absolute Gasteiger partial charge is 0.405 e. The molecule has 3 heterocycles. The zero-order valence-corrected chi connectivity index (χ0v) is 15.4. The lowest BCUT2D eigenvalue weighted by Crippen LogP contribution is -2.47. The molecule has 28 heavy (non-hydrogen) atoms. The number of benzene rings is 2. The Morgan fingerprint density at radius 1 is 1.14 bits per heavy atom. The highest BCUT2D eigenvalue weighted by Gasteiger charge is 2.48. The topological polar surface area (TPSA) is 64.4 Å². The van der Waals surface area contributed by atoms with Crippen LogP contribution in [0.2, 0.25) is 0 Å². The van der Waals surface area contributed by atoms with E-state index in [0.717, 1.165) is 11.0 Å². The lowest BCUT2D eigenvalue weighted by atomic mass is 9.84. The van der Waals surface area contributed by atoms with Gasteiger partial charge in [-0.2, -0.15) is 5.06 Å². The summed E-state index contributed by atoms with van der Waals surface area (Å²) in [4.78, 5) is 11.2. The van der Waals surface area contributed by atoms with Gasteiger partial charge >= 0.3 is 0 Å². The summed E-state index contributed by atoms with van der Waals surface area (Å²) in [6.07, 6.45) is 1.38. The van der Waals surface area contributed by atoms with Gasteiger partial charge in [0.05, 0.1) is 24.2 Å².